The molecule has 2 N–H and O–H groups in total. The van der Waals surface area contributed by atoms with Gasteiger partial charge in [-0.3, -0.25) is 9.59 Å². The zero-order valence-electron chi connectivity index (χ0n) is 27.4. The van der Waals surface area contributed by atoms with Gasteiger partial charge in [-0.1, -0.05) is 165 Å². The van der Waals surface area contributed by atoms with E-state index in [-0.39, 0.29) is 11.8 Å². The zero-order chi connectivity index (χ0) is 30.4. The first kappa shape index (κ1) is 37.9. The lowest BCUT2D eigenvalue weighted by Gasteiger charge is -2.19. The van der Waals surface area contributed by atoms with Crippen LogP contribution in [0.2, 0.25) is 0 Å². The summed E-state index contributed by atoms with van der Waals surface area (Å²) < 4.78 is 0. The predicted molar refractivity (Wildman–Crippen MR) is 182 cm³/mol. The Morgan fingerprint density at radius 1 is 0.667 bits per heavy atom. The zero-order valence-corrected chi connectivity index (χ0v) is 27.4. The molecule has 240 valence electrons. The minimum atomic E-state index is -0.514. The third-order valence-corrected chi connectivity index (χ3v) is 8.33. The summed E-state index contributed by atoms with van der Waals surface area (Å²) in [4.78, 5) is 25.7. The number of hydrogen-bond acceptors (Lipinski definition) is 2. The van der Waals surface area contributed by atoms with Crippen molar-refractivity contribution in [3.8, 4) is 0 Å². The monoisotopic (exact) mass is 583 g/mol. The molecule has 1 atom stereocenters. The molecule has 0 saturated carbocycles. The fraction of sp³-hybridized carbons (Fsp3) is 0.737. The van der Waals surface area contributed by atoms with Crippen LogP contribution >= 0.6 is 0 Å². The number of hydrogen-bond donors (Lipinski definition) is 2. The van der Waals surface area contributed by atoms with Gasteiger partial charge in [-0.25, -0.2) is 0 Å². The predicted octanol–water partition coefficient (Wildman–Crippen LogP) is 10.4. The van der Waals surface area contributed by atoms with Crippen LogP contribution in [0.5, 0.6) is 0 Å². The molecule has 1 aromatic rings. The summed E-state index contributed by atoms with van der Waals surface area (Å²) in [7, 11) is 0. The Hall–Kier alpha value is -2.10. The van der Waals surface area contributed by atoms with Gasteiger partial charge in [0.05, 0.1) is 0 Å². The molecule has 2 amide bonds. The van der Waals surface area contributed by atoms with Crippen LogP contribution in [-0.2, 0) is 16.0 Å². The van der Waals surface area contributed by atoms with Crippen molar-refractivity contribution in [1.82, 2.24) is 10.6 Å². The van der Waals surface area contributed by atoms with Gasteiger partial charge in [0.15, 0.2) is 0 Å². The molecular formula is C38H66N2O2. The molecule has 0 aliphatic rings. The number of carbonyl (C=O) groups excluding carboxylic acids is 2. The molecule has 4 heteroatoms. The molecule has 1 rings (SSSR count). The van der Waals surface area contributed by atoms with Gasteiger partial charge in [0, 0.05) is 19.4 Å². The summed E-state index contributed by atoms with van der Waals surface area (Å²) in [5.74, 6) is -0.0736. The Morgan fingerprint density at radius 3 is 1.67 bits per heavy atom. The van der Waals surface area contributed by atoms with Crippen LogP contribution in [0.3, 0.4) is 0 Å². The van der Waals surface area contributed by atoms with Gasteiger partial charge in [-0.05, 0) is 31.2 Å². The summed E-state index contributed by atoms with van der Waals surface area (Å²) in [6, 6.07) is 9.48. The molecule has 0 heterocycles. The van der Waals surface area contributed by atoms with Crippen molar-refractivity contribution in [2.24, 2.45) is 0 Å². The molecule has 0 spiro atoms. The van der Waals surface area contributed by atoms with Crippen LogP contribution in [0.25, 0.3) is 0 Å². The van der Waals surface area contributed by atoms with Crippen LogP contribution in [0.1, 0.15) is 167 Å². The Morgan fingerprint density at radius 2 is 1.14 bits per heavy atom. The first-order valence-electron chi connectivity index (χ1n) is 17.9. The summed E-state index contributed by atoms with van der Waals surface area (Å²) >= 11 is 0. The molecule has 0 aliphatic heterocycles. The molecule has 0 bridgehead atoms. The van der Waals surface area contributed by atoms with Gasteiger partial charge in [-0.15, -0.1) is 6.58 Å². The second-order valence-corrected chi connectivity index (χ2v) is 12.4. The van der Waals surface area contributed by atoms with Crippen LogP contribution in [0.4, 0.5) is 0 Å². The lowest BCUT2D eigenvalue weighted by atomic mass is 10.0. The van der Waals surface area contributed by atoms with Gasteiger partial charge in [-0.2, -0.15) is 0 Å². The average molecular weight is 583 g/mol. The molecular weight excluding hydrogens is 516 g/mol. The summed E-state index contributed by atoms with van der Waals surface area (Å²) in [6.07, 6.45) is 32.3. The number of carbonyl (C=O) groups is 2. The highest BCUT2D eigenvalue weighted by Gasteiger charge is 2.20. The third kappa shape index (κ3) is 23.5. The van der Waals surface area contributed by atoms with Crippen molar-refractivity contribution in [2.75, 3.05) is 6.54 Å². The van der Waals surface area contributed by atoms with Crippen LogP contribution in [-0.4, -0.2) is 24.4 Å². The van der Waals surface area contributed by atoms with Crippen LogP contribution in [0, 0.1) is 0 Å². The van der Waals surface area contributed by atoms with E-state index in [1.165, 1.54) is 109 Å². The second kappa shape index (κ2) is 29.0. The van der Waals surface area contributed by atoms with E-state index in [2.05, 4.69) is 24.1 Å². The molecule has 0 aromatic heterocycles. The number of nitrogens with one attached hydrogen (secondary N) is 2. The molecule has 0 fully saturated rings. The smallest absolute Gasteiger partial charge is 0.242 e. The SMILES string of the molecule is C=CCCCCCCCCC(=O)N[C@@H](Cc1ccccc1)C(=O)NCCCCCCCCCCCCCCCCCC. The lowest BCUT2D eigenvalue weighted by Crippen LogP contribution is -2.48. The maximum absolute atomic E-state index is 13.0. The van der Waals surface area contributed by atoms with Crippen molar-refractivity contribution in [2.45, 2.75) is 173 Å². The van der Waals surface area contributed by atoms with E-state index in [0.717, 1.165) is 44.1 Å². The maximum Gasteiger partial charge on any atom is 0.242 e. The number of allylic oxidation sites excluding steroid dienone is 1. The highest BCUT2D eigenvalue weighted by atomic mass is 16.2. The van der Waals surface area contributed by atoms with E-state index in [0.29, 0.717) is 19.4 Å². The lowest BCUT2D eigenvalue weighted by molar-refractivity contribution is -0.129. The Labute approximate surface area is 260 Å². The van der Waals surface area contributed by atoms with Crippen molar-refractivity contribution in [3.05, 3.63) is 48.6 Å². The average Bonchev–Trinajstić information content (AvgIpc) is 3.00. The normalized spacial score (nSPS) is 11.7. The standard InChI is InChI=1S/C38H66N2O2/c1-3-5-7-9-11-13-14-15-16-17-18-19-20-22-24-29-33-39-38(42)36(34-35-30-26-25-27-31-35)40-37(41)32-28-23-21-12-10-8-6-4-2/h4,25-27,30-31,36H,2-3,5-24,28-29,32-34H2,1H3,(H,39,42)(H,40,41)/t36-/m0/s1. The maximum atomic E-state index is 13.0. The third-order valence-electron chi connectivity index (χ3n) is 8.33. The highest BCUT2D eigenvalue weighted by molar-refractivity contribution is 5.87. The van der Waals surface area contributed by atoms with Gasteiger partial charge < -0.3 is 10.6 Å². The van der Waals surface area contributed by atoms with Crippen LogP contribution < -0.4 is 10.6 Å². The molecule has 0 aliphatic carbocycles. The van der Waals surface area contributed by atoms with Gasteiger partial charge in [0.1, 0.15) is 6.04 Å². The highest BCUT2D eigenvalue weighted by Crippen LogP contribution is 2.14. The van der Waals surface area contributed by atoms with Crippen molar-refractivity contribution >= 4 is 11.8 Å². The second-order valence-electron chi connectivity index (χ2n) is 12.4. The summed E-state index contributed by atoms with van der Waals surface area (Å²) in [5.41, 5.74) is 1.07. The van der Waals surface area contributed by atoms with Crippen LogP contribution in [0.15, 0.2) is 43.0 Å². The van der Waals surface area contributed by atoms with Gasteiger partial charge in [0.2, 0.25) is 11.8 Å². The molecule has 0 radical (unpaired) electrons. The van der Waals surface area contributed by atoms with E-state index >= 15 is 0 Å². The molecule has 1 aromatic carbocycles. The largest absolute Gasteiger partial charge is 0.354 e. The Kier molecular flexibility index (Phi) is 26.2. The summed E-state index contributed by atoms with van der Waals surface area (Å²) in [6.45, 7) is 6.74. The Bertz CT molecular complexity index is 764. The summed E-state index contributed by atoms with van der Waals surface area (Å²) in [5, 5.41) is 6.13. The molecule has 42 heavy (non-hydrogen) atoms. The van der Waals surface area contributed by atoms with Gasteiger partial charge in [0.25, 0.3) is 0 Å². The first-order chi connectivity index (χ1) is 20.7. The van der Waals surface area contributed by atoms with E-state index in [4.69, 9.17) is 0 Å². The topological polar surface area (TPSA) is 58.2 Å². The van der Waals surface area contributed by atoms with E-state index in [1.54, 1.807) is 0 Å². The molecule has 0 unspecified atom stereocenters. The number of unbranched alkanes of at least 4 members (excludes halogenated alkanes) is 21. The number of amides is 2. The minimum absolute atomic E-state index is 0.0138. The van der Waals surface area contributed by atoms with Crippen molar-refractivity contribution in [1.29, 1.82) is 0 Å². The fourth-order valence-corrected chi connectivity index (χ4v) is 5.61. The first-order valence-corrected chi connectivity index (χ1v) is 17.9. The number of rotatable bonds is 30. The minimum Gasteiger partial charge on any atom is -0.354 e. The van der Waals surface area contributed by atoms with Crippen molar-refractivity contribution in [3.63, 3.8) is 0 Å². The van der Waals surface area contributed by atoms with E-state index in [9.17, 15) is 9.59 Å². The number of benzene rings is 1. The van der Waals surface area contributed by atoms with E-state index in [1.807, 2.05) is 36.4 Å². The van der Waals surface area contributed by atoms with Gasteiger partial charge >= 0.3 is 0 Å². The molecule has 0 saturated heterocycles. The molecule has 4 nitrogen and oxygen atoms in total. The quantitative estimate of drug-likeness (QED) is 0.0700. The fourth-order valence-electron chi connectivity index (χ4n) is 5.61. The Balaban J connectivity index is 2.14. The van der Waals surface area contributed by atoms with E-state index < -0.39 is 6.04 Å². The van der Waals surface area contributed by atoms with Crippen molar-refractivity contribution < 1.29 is 9.59 Å².